The second kappa shape index (κ2) is 5.71. The third-order valence-electron chi connectivity index (χ3n) is 2.26. The van der Waals surface area contributed by atoms with E-state index in [1.807, 2.05) is 46.9 Å². The second-order valence-electron chi connectivity index (χ2n) is 5.07. The maximum Gasteiger partial charge on any atom is 0.407 e. The van der Waals surface area contributed by atoms with Crippen LogP contribution in [0.25, 0.3) is 0 Å². The van der Waals surface area contributed by atoms with Crippen molar-refractivity contribution in [3.63, 3.8) is 0 Å². The Bertz CT molecular complexity index is 425. The Morgan fingerprint density at radius 3 is 2.61 bits per heavy atom. The first kappa shape index (κ1) is 14.3. The third-order valence-corrected chi connectivity index (χ3v) is 2.26. The van der Waals surface area contributed by atoms with Crippen molar-refractivity contribution in [1.29, 1.82) is 0 Å². The molecule has 0 aromatic carbocycles. The smallest absolute Gasteiger partial charge is 0.407 e. The molecule has 5 nitrogen and oxygen atoms in total. The molecule has 0 unspecified atom stereocenters. The number of anilines is 1. The number of rotatable bonds is 3. The van der Waals surface area contributed by atoms with E-state index in [0.717, 1.165) is 17.1 Å². The van der Waals surface area contributed by atoms with Gasteiger partial charge in [-0.1, -0.05) is 6.07 Å². The number of carbonyl (C=O) groups is 1. The molecule has 1 amide bonds. The van der Waals surface area contributed by atoms with Gasteiger partial charge in [-0.05, 0) is 39.3 Å². The fraction of sp³-hybridized carbons (Fsp3) is 0.538. The molecule has 1 aromatic rings. The molecule has 100 valence electrons. The van der Waals surface area contributed by atoms with Gasteiger partial charge in [0.05, 0.1) is 12.2 Å². The van der Waals surface area contributed by atoms with Crippen molar-refractivity contribution in [2.75, 3.05) is 12.4 Å². The number of nitrogens with zero attached hydrogens (tertiary/aromatic N) is 1. The van der Waals surface area contributed by atoms with Crippen LogP contribution in [0.4, 0.5) is 10.6 Å². The molecule has 18 heavy (non-hydrogen) atoms. The molecule has 0 aliphatic heterocycles. The van der Waals surface area contributed by atoms with Gasteiger partial charge in [-0.25, -0.2) is 9.78 Å². The summed E-state index contributed by atoms with van der Waals surface area (Å²) in [6.45, 7) is 7.81. The fourth-order valence-corrected chi connectivity index (χ4v) is 1.36. The summed E-state index contributed by atoms with van der Waals surface area (Å²) < 4.78 is 5.16. The minimum atomic E-state index is -0.487. The quantitative estimate of drug-likeness (QED) is 0.866. The van der Waals surface area contributed by atoms with Gasteiger partial charge >= 0.3 is 6.09 Å². The molecular formula is C13H21N3O2. The monoisotopic (exact) mass is 251 g/mol. The van der Waals surface area contributed by atoms with E-state index in [4.69, 9.17) is 4.74 Å². The van der Waals surface area contributed by atoms with Crippen LogP contribution in [0, 0.1) is 6.92 Å². The first-order valence-corrected chi connectivity index (χ1v) is 5.93. The third kappa shape index (κ3) is 4.61. The summed E-state index contributed by atoms with van der Waals surface area (Å²) in [5, 5.41) is 5.66. The molecule has 1 aromatic heterocycles. The van der Waals surface area contributed by atoms with Crippen molar-refractivity contribution in [2.45, 2.75) is 39.8 Å². The average molecular weight is 251 g/mol. The number of hydrogen-bond donors (Lipinski definition) is 2. The molecule has 0 atom stereocenters. The lowest BCUT2D eigenvalue weighted by molar-refractivity contribution is 0.0523. The van der Waals surface area contributed by atoms with Crippen molar-refractivity contribution in [2.24, 2.45) is 0 Å². The van der Waals surface area contributed by atoms with Crippen molar-refractivity contribution in [3.05, 3.63) is 23.4 Å². The second-order valence-corrected chi connectivity index (χ2v) is 5.07. The number of hydrogen-bond acceptors (Lipinski definition) is 4. The molecular weight excluding hydrogens is 230 g/mol. The number of amides is 1. The molecule has 0 bridgehead atoms. The van der Waals surface area contributed by atoms with Gasteiger partial charge in [0.15, 0.2) is 0 Å². The Kier molecular flexibility index (Phi) is 4.53. The van der Waals surface area contributed by atoms with E-state index in [0.29, 0.717) is 6.54 Å². The van der Waals surface area contributed by atoms with Crippen LogP contribution in [-0.2, 0) is 11.3 Å². The Morgan fingerprint density at radius 1 is 1.39 bits per heavy atom. The van der Waals surface area contributed by atoms with Gasteiger partial charge in [0.2, 0.25) is 0 Å². The minimum absolute atomic E-state index is 0.357. The van der Waals surface area contributed by atoms with E-state index in [-0.39, 0.29) is 0 Å². The van der Waals surface area contributed by atoms with Gasteiger partial charge in [-0.15, -0.1) is 0 Å². The highest BCUT2D eigenvalue weighted by Crippen LogP contribution is 2.10. The summed E-state index contributed by atoms with van der Waals surface area (Å²) in [7, 11) is 1.81. The molecule has 0 aliphatic rings. The molecule has 0 saturated carbocycles. The molecule has 5 heteroatoms. The lowest BCUT2D eigenvalue weighted by Crippen LogP contribution is -2.32. The molecule has 2 N–H and O–H groups in total. The minimum Gasteiger partial charge on any atom is -0.444 e. The van der Waals surface area contributed by atoms with Crippen molar-refractivity contribution >= 4 is 11.9 Å². The van der Waals surface area contributed by atoms with Gasteiger partial charge in [-0.3, -0.25) is 0 Å². The Hall–Kier alpha value is -1.78. The predicted octanol–water partition coefficient (Wildman–Crippen LogP) is 2.46. The zero-order valence-corrected chi connectivity index (χ0v) is 11.6. The molecule has 0 spiro atoms. The largest absolute Gasteiger partial charge is 0.444 e. The van der Waals surface area contributed by atoms with Crippen molar-refractivity contribution in [3.8, 4) is 0 Å². The summed E-state index contributed by atoms with van der Waals surface area (Å²) in [6.07, 6.45) is -0.432. The maximum absolute atomic E-state index is 11.5. The summed E-state index contributed by atoms with van der Waals surface area (Å²) >= 11 is 0. The highest BCUT2D eigenvalue weighted by atomic mass is 16.6. The summed E-state index contributed by atoms with van der Waals surface area (Å²) in [4.78, 5) is 15.9. The van der Waals surface area contributed by atoms with Gasteiger partial charge in [0.25, 0.3) is 0 Å². The topological polar surface area (TPSA) is 63.2 Å². The first-order valence-electron chi connectivity index (χ1n) is 5.93. The Balaban J connectivity index is 2.60. The summed E-state index contributed by atoms with van der Waals surface area (Å²) in [6, 6.07) is 3.86. The Morgan fingerprint density at radius 2 is 2.06 bits per heavy atom. The van der Waals surface area contributed by atoms with Crippen LogP contribution in [0.15, 0.2) is 12.1 Å². The van der Waals surface area contributed by atoms with Gasteiger partial charge in [0.1, 0.15) is 11.4 Å². The Labute approximate surface area is 108 Å². The first-order chi connectivity index (χ1) is 8.31. The number of carbonyl (C=O) groups excluding carboxylic acids is 1. The highest BCUT2D eigenvalue weighted by molar-refractivity contribution is 5.67. The predicted molar refractivity (Wildman–Crippen MR) is 71.6 cm³/mol. The van der Waals surface area contributed by atoms with E-state index in [1.165, 1.54) is 0 Å². The van der Waals surface area contributed by atoms with Crippen LogP contribution in [0.2, 0.25) is 0 Å². The summed E-state index contributed by atoms with van der Waals surface area (Å²) in [5.74, 6) is 0.779. The number of pyridine rings is 1. The molecule has 0 aliphatic carbocycles. The lowest BCUT2D eigenvalue weighted by Gasteiger charge is -2.19. The van der Waals surface area contributed by atoms with Crippen LogP contribution in [0.1, 0.15) is 32.0 Å². The van der Waals surface area contributed by atoms with Crippen LogP contribution in [-0.4, -0.2) is 23.7 Å². The molecule has 0 fully saturated rings. The maximum atomic E-state index is 11.5. The van der Waals surface area contributed by atoms with Crippen LogP contribution >= 0.6 is 0 Å². The van der Waals surface area contributed by atoms with E-state index in [2.05, 4.69) is 15.6 Å². The van der Waals surface area contributed by atoms with Crippen LogP contribution < -0.4 is 10.6 Å². The zero-order chi connectivity index (χ0) is 13.8. The fourth-order valence-electron chi connectivity index (χ4n) is 1.36. The summed E-state index contributed by atoms with van der Waals surface area (Å²) in [5.41, 5.74) is 1.37. The van der Waals surface area contributed by atoms with Crippen LogP contribution in [0.5, 0.6) is 0 Å². The number of ether oxygens (including phenoxy) is 1. The van der Waals surface area contributed by atoms with E-state index < -0.39 is 11.7 Å². The molecule has 0 saturated heterocycles. The molecule has 1 rings (SSSR count). The van der Waals surface area contributed by atoms with E-state index in [1.54, 1.807) is 0 Å². The van der Waals surface area contributed by atoms with Crippen molar-refractivity contribution in [1.82, 2.24) is 10.3 Å². The highest BCUT2D eigenvalue weighted by Gasteiger charge is 2.16. The normalized spacial score (nSPS) is 10.9. The van der Waals surface area contributed by atoms with E-state index >= 15 is 0 Å². The van der Waals surface area contributed by atoms with Gasteiger partial charge in [-0.2, -0.15) is 0 Å². The number of aromatic nitrogens is 1. The standard InChI is InChI=1S/C13H21N3O2/c1-9-6-7-11(14-5)16-10(9)8-15-12(17)18-13(2,3)4/h6-7H,8H2,1-5H3,(H,14,16)(H,15,17). The lowest BCUT2D eigenvalue weighted by atomic mass is 10.2. The molecule has 0 radical (unpaired) electrons. The number of aryl methyl sites for hydroxylation is 1. The molecule has 1 heterocycles. The van der Waals surface area contributed by atoms with Crippen molar-refractivity contribution < 1.29 is 9.53 Å². The van der Waals surface area contributed by atoms with Gasteiger partial charge < -0.3 is 15.4 Å². The number of alkyl carbamates (subject to hydrolysis) is 1. The number of nitrogens with one attached hydrogen (secondary N) is 2. The zero-order valence-electron chi connectivity index (χ0n) is 11.6. The average Bonchev–Trinajstić information content (AvgIpc) is 2.25. The van der Waals surface area contributed by atoms with Gasteiger partial charge in [0, 0.05) is 7.05 Å². The van der Waals surface area contributed by atoms with E-state index in [9.17, 15) is 4.79 Å². The SMILES string of the molecule is CNc1ccc(C)c(CNC(=O)OC(C)(C)C)n1. The van der Waals surface area contributed by atoms with Crippen LogP contribution in [0.3, 0.4) is 0 Å².